The molecule has 2 rings (SSSR count). The van der Waals surface area contributed by atoms with Gasteiger partial charge in [0.1, 0.15) is 0 Å². The fraction of sp³-hybridized carbons (Fsp3) is 0.562. The van der Waals surface area contributed by atoms with Crippen molar-refractivity contribution in [3.05, 3.63) is 35.4 Å². The molecule has 0 saturated carbocycles. The Labute approximate surface area is 120 Å². The molecule has 0 aromatic heterocycles. The first-order valence-electron chi connectivity index (χ1n) is 7.13. The number of thioether (sulfide) groups is 1. The molecule has 1 fully saturated rings. The van der Waals surface area contributed by atoms with Crippen LogP contribution in [0.15, 0.2) is 24.3 Å². The second-order valence-electron chi connectivity index (χ2n) is 5.19. The summed E-state index contributed by atoms with van der Waals surface area (Å²) in [7, 11) is 0. The lowest BCUT2D eigenvalue weighted by molar-refractivity contribution is 0.0964. The number of benzene rings is 1. The molecule has 1 atom stereocenters. The minimum Gasteiger partial charge on any atom is -0.301 e. The quantitative estimate of drug-likeness (QED) is 0.769. The Morgan fingerprint density at radius 3 is 2.95 bits per heavy atom. The van der Waals surface area contributed by atoms with Gasteiger partial charge in [-0.25, -0.2) is 0 Å². The topological polar surface area (TPSA) is 20.3 Å². The molecule has 1 heterocycles. The lowest BCUT2D eigenvalue weighted by Crippen LogP contribution is -2.38. The minimum absolute atomic E-state index is 0.282. The predicted molar refractivity (Wildman–Crippen MR) is 83.1 cm³/mol. The molecule has 1 aliphatic heterocycles. The second kappa shape index (κ2) is 7.11. The van der Waals surface area contributed by atoms with Gasteiger partial charge in [0.15, 0.2) is 5.78 Å². The van der Waals surface area contributed by atoms with Gasteiger partial charge in [0.25, 0.3) is 0 Å². The molecule has 0 N–H and O–H groups in total. The smallest absolute Gasteiger partial charge is 0.164 e. The Kier molecular flexibility index (Phi) is 5.46. The maximum atomic E-state index is 12.2. The number of ketones is 1. The van der Waals surface area contributed by atoms with Crippen LogP contribution in [0.4, 0.5) is 0 Å². The summed E-state index contributed by atoms with van der Waals surface area (Å²) < 4.78 is 0. The first-order chi connectivity index (χ1) is 9.20. The van der Waals surface area contributed by atoms with Crippen LogP contribution >= 0.6 is 11.8 Å². The summed E-state index contributed by atoms with van der Waals surface area (Å²) in [5.74, 6) is 1.49. The highest BCUT2D eigenvalue weighted by Gasteiger charge is 2.19. The standard InChI is InChI=1S/C16H23NOS/c1-3-14-12-17(10-11-19-14)9-8-16(18)15-7-5-4-6-13(15)2/h4-7,14H,3,8-12H2,1-2H3. The van der Waals surface area contributed by atoms with Crippen LogP contribution in [0.1, 0.15) is 35.7 Å². The summed E-state index contributed by atoms with van der Waals surface area (Å²) in [5, 5.41) is 0.752. The van der Waals surface area contributed by atoms with Crippen LogP contribution in [0, 0.1) is 6.92 Å². The van der Waals surface area contributed by atoms with Crippen molar-refractivity contribution in [2.24, 2.45) is 0 Å². The van der Waals surface area contributed by atoms with Gasteiger partial charge in [-0.3, -0.25) is 4.79 Å². The molecule has 0 aliphatic carbocycles. The van der Waals surface area contributed by atoms with E-state index in [0.717, 1.165) is 36.0 Å². The molecular weight excluding hydrogens is 254 g/mol. The third kappa shape index (κ3) is 4.08. The summed E-state index contributed by atoms with van der Waals surface area (Å²) in [6.45, 7) is 7.44. The van der Waals surface area contributed by atoms with Gasteiger partial charge < -0.3 is 4.90 Å². The highest BCUT2D eigenvalue weighted by Crippen LogP contribution is 2.21. The first kappa shape index (κ1) is 14.6. The maximum Gasteiger partial charge on any atom is 0.164 e. The zero-order valence-corrected chi connectivity index (χ0v) is 12.7. The molecule has 1 aliphatic rings. The fourth-order valence-corrected chi connectivity index (χ4v) is 3.76. The SMILES string of the molecule is CCC1CN(CCC(=O)c2ccccc2C)CCS1. The van der Waals surface area contributed by atoms with Crippen molar-refractivity contribution in [1.82, 2.24) is 4.90 Å². The molecule has 1 aromatic carbocycles. The van der Waals surface area contributed by atoms with E-state index in [4.69, 9.17) is 0 Å². The molecule has 0 bridgehead atoms. The van der Waals surface area contributed by atoms with Crippen molar-refractivity contribution in [3.63, 3.8) is 0 Å². The zero-order valence-electron chi connectivity index (χ0n) is 11.9. The fourth-order valence-electron chi connectivity index (χ4n) is 2.51. The summed E-state index contributed by atoms with van der Waals surface area (Å²) in [5.41, 5.74) is 1.98. The van der Waals surface area contributed by atoms with Crippen LogP contribution in [0.25, 0.3) is 0 Å². The van der Waals surface area contributed by atoms with E-state index >= 15 is 0 Å². The van der Waals surface area contributed by atoms with Crippen molar-refractivity contribution < 1.29 is 4.79 Å². The van der Waals surface area contributed by atoms with E-state index in [1.54, 1.807) is 0 Å². The molecule has 104 valence electrons. The van der Waals surface area contributed by atoms with E-state index in [1.807, 2.05) is 31.2 Å². The Balaban J connectivity index is 1.85. The predicted octanol–water partition coefficient (Wildman–Crippen LogP) is 3.40. The van der Waals surface area contributed by atoms with E-state index in [2.05, 4.69) is 23.6 Å². The van der Waals surface area contributed by atoms with Crippen LogP contribution in [0.3, 0.4) is 0 Å². The van der Waals surface area contributed by atoms with Crippen molar-refractivity contribution in [2.75, 3.05) is 25.4 Å². The van der Waals surface area contributed by atoms with Gasteiger partial charge in [-0.2, -0.15) is 11.8 Å². The lowest BCUT2D eigenvalue weighted by atomic mass is 10.0. The van der Waals surface area contributed by atoms with E-state index in [9.17, 15) is 4.79 Å². The summed E-state index contributed by atoms with van der Waals surface area (Å²) >= 11 is 2.07. The highest BCUT2D eigenvalue weighted by molar-refractivity contribution is 8.00. The van der Waals surface area contributed by atoms with E-state index < -0.39 is 0 Å². The molecule has 1 aromatic rings. The number of carbonyl (C=O) groups excluding carboxylic acids is 1. The van der Waals surface area contributed by atoms with E-state index in [1.165, 1.54) is 12.2 Å². The van der Waals surface area contributed by atoms with Gasteiger partial charge in [-0.05, 0) is 18.9 Å². The Morgan fingerprint density at radius 1 is 1.42 bits per heavy atom. The van der Waals surface area contributed by atoms with Crippen molar-refractivity contribution in [3.8, 4) is 0 Å². The van der Waals surface area contributed by atoms with Crippen LogP contribution in [0.5, 0.6) is 0 Å². The minimum atomic E-state index is 0.282. The van der Waals surface area contributed by atoms with Crippen LogP contribution in [-0.4, -0.2) is 41.3 Å². The van der Waals surface area contributed by atoms with Gasteiger partial charge in [-0.15, -0.1) is 0 Å². The van der Waals surface area contributed by atoms with Crippen LogP contribution in [-0.2, 0) is 0 Å². The summed E-state index contributed by atoms with van der Waals surface area (Å²) in [6.07, 6.45) is 1.87. The Hall–Kier alpha value is -0.800. The molecule has 0 amide bonds. The molecule has 2 nitrogen and oxygen atoms in total. The van der Waals surface area contributed by atoms with Gasteiger partial charge in [0.2, 0.25) is 0 Å². The molecule has 19 heavy (non-hydrogen) atoms. The van der Waals surface area contributed by atoms with E-state index in [-0.39, 0.29) is 5.78 Å². The van der Waals surface area contributed by atoms with Crippen LogP contribution in [0.2, 0.25) is 0 Å². The molecule has 1 unspecified atom stereocenters. The Bertz CT molecular complexity index is 433. The number of Topliss-reactive ketones (excluding diaryl/α,β-unsaturated/α-hetero) is 1. The largest absolute Gasteiger partial charge is 0.301 e. The number of hydrogen-bond donors (Lipinski definition) is 0. The van der Waals surface area contributed by atoms with Crippen molar-refractivity contribution >= 4 is 17.5 Å². The average molecular weight is 277 g/mol. The number of nitrogens with zero attached hydrogens (tertiary/aromatic N) is 1. The molecule has 0 spiro atoms. The number of carbonyl (C=O) groups is 1. The summed E-state index contributed by atoms with van der Waals surface area (Å²) in [6, 6.07) is 7.89. The summed E-state index contributed by atoms with van der Waals surface area (Å²) in [4.78, 5) is 14.7. The Morgan fingerprint density at radius 2 is 2.21 bits per heavy atom. The third-order valence-electron chi connectivity index (χ3n) is 3.78. The number of aryl methyl sites for hydroxylation is 1. The first-order valence-corrected chi connectivity index (χ1v) is 8.18. The van der Waals surface area contributed by atoms with Crippen molar-refractivity contribution in [1.29, 1.82) is 0 Å². The van der Waals surface area contributed by atoms with Gasteiger partial charge in [-0.1, -0.05) is 31.2 Å². The monoisotopic (exact) mass is 277 g/mol. The lowest BCUT2D eigenvalue weighted by Gasteiger charge is -2.31. The molecule has 0 radical (unpaired) electrons. The number of hydrogen-bond acceptors (Lipinski definition) is 3. The second-order valence-corrected chi connectivity index (χ2v) is 6.60. The van der Waals surface area contributed by atoms with Gasteiger partial charge in [0, 0.05) is 42.6 Å². The number of rotatable bonds is 5. The highest BCUT2D eigenvalue weighted by atomic mass is 32.2. The van der Waals surface area contributed by atoms with Gasteiger partial charge in [0.05, 0.1) is 0 Å². The molecular formula is C16H23NOS. The van der Waals surface area contributed by atoms with Crippen molar-refractivity contribution in [2.45, 2.75) is 31.9 Å². The zero-order chi connectivity index (χ0) is 13.7. The molecule has 3 heteroatoms. The average Bonchev–Trinajstić information content (AvgIpc) is 2.45. The van der Waals surface area contributed by atoms with E-state index in [0.29, 0.717) is 6.42 Å². The maximum absolute atomic E-state index is 12.2. The molecule has 1 saturated heterocycles. The third-order valence-corrected chi connectivity index (χ3v) is 5.15. The normalized spacial score (nSPS) is 20.4. The van der Waals surface area contributed by atoms with Gasteiger partial charge >= 0.3 is 0 Å². The van der Waals surface area contributed by atoms with Crippen LogP contribution < -0.4 is 0 Å².